The highest BCUT2D eigenvalue weighted by Gasteiger charge is 2.30. The zero-order chi connectivity index (χ0) is 14.8. The topological polar surface area (TPSA) is 20.3 Å². The van der Waals surface area contributed by atoms with Crippen LogP contribution in [0, 0.1) is 6.92 Å². The van der Waals surface area contributed by atoms with Crippen LogP contribution in [0.1, 0.15) is 16.7 Å². The third-order valence-electron chi connectivity index (χ3n) is 3.97. The molecule has 2 aromatic rings. The molecule has 0 radical (unpaired) electrons. The third-order valence-corrected chi connectivity index (χ3v) is 5.27. The molecule has 0 N–H and O–H groups in total. The van der Waals surface area contributed by atoms with Crippen molar-refractivity contribution in [3.63, 3.8) is 0 Å². The summed E-state index contributed by atoms with van der Waals surface area (Å²) in [5, 5.41) is 0.0245. The molecule has 0 aromatic heterocycles. The molecule has 3 rings (SSSR count). The van der Waals surface area contributed by atoms with Crippen LogP contribution in [0.5, 0.6) is 0 Å². The molecular weight excluding hydrogens is 278 g/mol. The van der Waals surface area contributed by atoms with Crippen molar-refractivity contribution in [2.24, 2.45) is 0 Å². The highest BCUT2D eigenvalue weighted by Crippen LogP contribution is 2.37. The first kappa shape index (κ1) is 14.2. The Morgan fingerprint density at radius 2 is 1.90 bits per heavy atom. The molecule has 21 heavy (non-hydrogen) atoms. The van der Waals surface area contributed by atoms with Gasteiger partial charge in [0, 0.05) is 18.5 Å². The molecule has 0 fully saturated rings. The van der Waals surface area contributed by atoms with Crippen molar-refractivity contribution in [2.45, 2.75) is 30.0 Å². The summed E-state index contributed by atoms with van der Waals surface area (Å²) in [5.41, 5.74) is 3.75. The van der Waals surface area contributed by atoms with Crippen molar-refractivity contribution < 1.29 is 4.79 Å². The summed E-state index contributed by atoms with van der Waals surface area (Å²) in [6.45, 7) is 2.77. The lowest BCUT2D eigenvalue weighted by atomic mass is 10.1. The van der Waals surface area contributed by atoms with E-state index >= 15 is 0 Å². The molecule has 0 bridgehead atoms. The number of hydrogen-bond acceptors (Lipinski definition) is 2. The van der Waals surface area contributed by atoms with Gasteiger partial charge >= 0.3 is 0 Å². The lowest BCUT2D eigenvalue weighted by Crippen LogP contribution is -2.34. The van der Waals surface area contributed by atoms with Crippen molar-refractivity contribution in [1.82, 2.24) is 4.90 Å². The van der Waals surface area contributed by atoms with Crippen LogP contribution >= 0.6 is 11.8 Å². The normalized spacial score (nSPS) is 16.6. The number of rotatable bonds is 3. The van der Waals surface area contributed by atoms with Crippen LogP contribution in [0.3, 0.4) is 0 Å². The van der Waals surface area contributed by atoms with E-state index in [2.05, 4.69) is 31.2 Å². The van der Waals surface area contributed by atoms with E-state index in [-0.39, 0.29) is 11.2 Å². The minimum absolute atomic E-state index is 0.0245. The second-order valence-corrected chi connectivity index (χ2v) is 6.78. The minimum Gasteiger partial charge on any atom is -0.340 e. The van der Waals surface area contributed by atoms with E-state index in [0.29, 0.717) is 6.54 Å². The number of amides is 1. The van der Waals surface area contributed by atoms with Gasteiger partial charge < -0.3 is 4.90 Å². The maximum atomic E-state index is 12.6. The second-order valence-electron chi connectivity index (χ2n) is 5.54. The molecule has 0 aliphatic carbocycles. The van der Waals surface area contributed by atoms with E-state index in [9.17, 15) is 4.79 Å². The summed E-state index contributed by atoms with van der Waals surface area (Å²) in [7, 11) is 1.90. The van der Waals surface area contributed by atoms with E-state index in [0.717, 1.165) is 6.42 Å². The molecule has 1 amide bonds. The van der Waals surface area contributed by atoms with Crippen LogP contribution in [-0.2, 0) is 17.8 Å². The summed E-state index contributed by atoms with van der Waals surface area (Å²) in [6.07, 6.45) is 0.845. The molecular formula is C18H19NOS. The third kappa shape index (κ3) is 2.98. The Balaban J connectivity index is 1.68. The monoisotopic (exact) mass is 297 g/mol. The van der Waals surface area contributed by atoms with Gasteiger partial charge in [-0.15, -0.1) is 11.8 Å². The molecule has 108 valence electrons. The van der Waals surface area contributed by atoms with Crippen LogP contribution in [0.4, 0.5) is 0 Å². The molecule has 2 aromatic carbocycles. The predicted molar refractivity (Wildman–Crippen MR) is 87.4 cm³/mol. The lowest BCUT2D eigenvalue weighted by molar-refractivity contribution is -0.129. The molecule has 0 saturated heterocycles. The molecule has 0 saturated carbocycles. The molecule has 2 nitrogen and oxygen atoms in total. The van der Waals surface area contributed by atoms with Crippen LogP contribution in [-0.4, -0.2) is 23.1 Å². The average molecular weight is 297 g/mol. The summed E-state index contributed by atoms with van der Waals surface area (Å²) >= 11 is 1.70. The van der Waals surface area contributed by atoms with Crippen molar-refractivity contribution in [1.29, 1.82) is 0 Å². The fourth-order valence-electron chi connectivity index (χ4n) is 2.69. The van der Waals surface area contributed by atoms with Gasteiger partial charge in [0.05, 0.1) is 5.25 Å². The van der Waals surface area contributed by atoms with Crippen LogP contribution in [0.15, 0.2) is 53.4 Å². The van der Waals surface area contributed by atoms with Crippen molar-refractivity contribution in [3.8, 4) is 0 Å². The van der Waals surface area contributed by atoms with Crippen LogP contribution in [0.2, 0.25) is 0 Å². The van der Waals surface area contributed by atoms with Gasteiger partial charge in [-0.25, -0.2) is 0 Å². The SMILES string of the molecule is Cc1ccccc1CN(C)C(=O)C1Cc2ccccc2S1. The molecule has 1 heterocycles. The Labute approximate surface area is 130 Å². The fourth-order valence-corrected chi connectivity index (χ4v) is 4.00. The quantitative estimate of drug-likeness (QED) is 0.861. The summed E-state index contributed by atoms with van der Waals surface area (Å²) in [5.74, 6) is 0.222. The Morgan fingerprint density at radius 3 is 2.67 bits per heavy atom. The number of thioether (sulfide) groups is 1. The first-order valence-corrected chi connectivity index (χ1v) is 8.07. The van der Waals surface area contributed by atoms with Crippen LogP contribution < -0.4 is 0 Å². The van der Waals surface area contributed by atoms with E-state index in [4.69, 9.17) is 0 Å². The van der Waals surface area contributed by atoms with E-state index < -0.39 is 0 Å². The zero-order valence-electron chi connectivity index (χ0n) is 12.4. The maximum Gasteiger partial charge on any atom is 0.236 e. The Kier molecular flexibility index (Phi) is 4.02. The molecule has 1 atom stereocenters. The number of fused-ring (bicyclic) bond motifs is 1. The lowest BCUT2D eigenvalue weighted by Gasteiger charge is -2.21. The van der Waals surface area contributed by atoms with Gasteiger partial charge in [-0.1, -0.05) is 42.5 Å². The standard InChI is InChI=1S/C18H19NOS/c1-13-7-3-4-9-15(13)12-19(2)18(20)17-11-14-8-5-6-10-16(14)21-17/h3-10,17H,11-12H2,1-2H3. The summed E-state index contributed by atoms with van der Waals surface area (Å²) in [4.78, 5) is 15.7. The van der Waals surface area contributed by atoms with Crippen LogP contribution in [0.25, 0.3) is 0 Å². The number of nitrogens with zero attached hydrogens (tertiary/aromatic N) is 1. The second kappa shape index (κ2) is 5.94. The molecule has 3 heteroatoms. The highest BCUT2D eigenvalue weighted by molar-refractivity contribution is 8.01. The van der Waals surface area contributed by atoms with Gasteiger partial charge in [-0.3, -0.25) is 4.79 Å². The minimum atomic E-state index is 0.0245. The average Bonchev–Trinajstić information content (AvgIpc) is 2.92. The van der Waals surface area contributed by atoms with Crippen molar-refractivity contribution >= 4 is 17.7 Å². The predicted octanol–water partition coefficient (Wildman–Crippen LogP) is 3.67. The fraction of sp³-hybridized carbons (Fsp3) is 0.278. The number of hydrogen-bond donors (Lipinski definition) is 0. The van der Waals surface area contributed by atoms with Gasteiger partial charge in [-0.2, -0.15) is 0 Å². The maximum absolute atomic E-state index is 12.6. The van der Waals surface area contributed by atoms with E-state index in [1.807, 2.05) is 36.2 Å². The van der Waals surface area contributed by atoms with Gasteiger partial charge in [0.25, 0.3) is 0 Å². The highest BCUT2D eigenvalue weighted by atomic mass is 32.2. The summed E-state index contributed by atoms with van der Waals surface area (Å²) in [6, 6.07) is 16.6. The first-order valence-electron chi connectivity index (χ1n) is 7.19. The molecule has 1 aliphatic rings. The smallest absolute Gasteiger partial charge is 0.236 e. The van der Waals surface area contributed by atoms with Gasteiger partial charge in [0.1, 0.15) is 0 Å². The number of carbonyl (C=O) groups excluding carboxylic acids is 1. The molecule has 1 aliphatic heterocycles. The van der Waals surface area contributed by atoms with E-state index in [1.165, 1.54) is 21.6 Å². The Bertz CT molecular complexity index is 643. The van der Waals surface area contributed by atoms with Crippen molar-refractivity contribution in [3.05, 3.63) is 65.2 Å². The zero-order valence-corrected chi connectivity index (χ0v) is 13.2. The summed E-state index contributed by atoms with van der Waals surface area (Å²) < 4.78 is 0. The number of aryl methyl sites for hydroxylation is 1. The molecule has 0 spiro atoms. The van der Waals surface area contributed by atoms with Gasteiger partial charge in [0.15, 0.2) is 0 Å². The molecule has 1 unspecified atom stereocenters. The van der Waals surface area contributed by atoms with Crippen molar-refractivity contribution in [2.75, 3.05) is 7.05 Å². The van der Waals surface area contributed by atoms with Gasteiger partial charge in [-0.05, 0) is 36.1 Å². The Morgan fingerprint density at radius 1 is 1.19 bits per heavy atom. The first-order chi connectivity index (χ1) is 10.1. The Hall–Kier alpha value is -1.74. The van der Waals surface area contributed by atoms with E-state index in [1.54, 1.807) is 11.8 Å². The largest absolute Gasteiger partial charge is 0.340 e. The number of benzene rings is 2. The van der Waals surface area contributed by atoms with Gasteiger partial charge in [0.2, 0.25) is 5.91 Å². The number of carbonyl (C=O) groups is 1.